The number of halogens is 5. The fourth-order valence-corrected chi connectivity index (χ4v) is 0.853. The van der Waals surface area contributed by atoms with Crippen LogP contribution in [0.1, 0.15) is 0 Å². The third kappa shape index (κ3) is 2.77. The molecule has 0 aliphatic carbocycles. The van der Waals surface area contributed by atoms with E-state index in [1.165, 1.54) is 0 Å². The first-order chi connectivity index (χ1) is 5.90. The molecule has 0 amide bonds. The van der Waals surface area contributed by atoms with Crippen molar-refractivity contribution in [2.75, 3.05) is 0 Å². The van der Waals surface area contributed by atoms with Gasteiger partial charge in [0.1, 0.15) is 0 Å². The molecule has 0 aromatic heterocycles. The molecule has 0 bridgehead atoms. The molecule has 1 aromatic rings. The molecule has 0 saturated carbocycles. The van der Waals surface area contributed by atoms with Gasteiger partial charge in [-0.05, 0) is 12.1 Å². The van der Waals surface area contributed by atoms with Crippen LogP contribution in [0.25, 0.3) is 0 Å². The highest BCUT2D eigenvalue weighted by atomic mass is 35.5. The second-order valence-corrected chi connectivity index (χ2v) is 2.51. The Morgan fingerprint density at radius 3 is 2.38 bits per heavy atom. The van der Waals surface area contributed by atoms with Crippen molar-refractivity contribution in [2.24, 2.45) is 0 Å². The van der Waals surface area contributed by atoms with E-state index in [2.05, 4.69) is 4.74 Å². The SMILES string of the molecule is Fc1c(Cl)cccc1OC(F)(F)F. The summed E-state index contributed by atoms with van der Waals surface area (Å²) in [6.45, 7) is 0. The fraction of sp³-hybridized carbons (Fsp3) is 0.143. The molecule has 0 atom stereocenters. The summed E-state index contributed by atoms with van der Waals surface area (Å²) in [6, 6.07) is 3.13. The van der Waals surface area contributed by atoms with E-state index in [0.29, 0.717) is 0 Å². The van der Waals surface area contributed by atoms with Crippen molar-refractivity contribution in [3.63, 3.8) is 0 Å². The predicted molar refractivity (Wildman–Crippen MR) is 38.1 cm³/mol. The lowest BCUT2D eigenvalue weighted by atomic mass is 10.3. The van der Waals surface area contributed by atoms with Crippen LogP contribution < -0.4 is 4.74 Å². The first-order valence-corrected chi connectivity index (χ1v) is 3.48. The lowest BCUT2D eigenvalue weighted by molar-refractivity contribution is -0.275. The average molecular weight is 215 g/mol. The Morgan fingerprint density at radius 1 is 1.23 bits per heavy atom. The Hall–Kier alpha value is -0.970. The zero-order valence-corrected chi connectivity index (χ0v) is 6.79. The van der Waals surface area contributed by atoms with E-state index in [1.807, 2.05) is 0 Å². The Labute approximate surface area is 75.9 Å². The van der Waals surface area contributed by atoms with E-state index < -0.39 is 23.0 Å². The van der Waals surface area contributed by atoms with Gasteiger partial charge in [-0.25, -0.2) is 4.39 Å². The summed E-state index contributed by atoms with van der Waals surface area (Å²) in [5.74, 6) is -2.15. The molecule has 0 aliphatic heterocycles. The van der Waals surface area contributed by atoms with Crippen molar-refractivity contribution in [3.8, 4) is 5.75 Å². The summed E-state index contributed by atoms with van der Waals surface area (Å²) in [6.07, 6.45) is -4.91. The third-order valence-corrected chi connectivity index (χ3v) is 1.43. The van der Waals surface area contributed by atoms with Gasteiger partial charge in [-0.15, -0.1) is 13.2 Å². The van der Waals surface area contributed by atoms with E-state index in [0.717, 1.165) is 18.2 Å². The molecular weight excluding hydrogens is 212 g/mol. The standard InChI is InChI=1S/C7H3ClF4O/c8-4-2-1-3-5(6(4)9)13-7(10,11)12/h1-3H. The zero-order chi connectivity index (χ0) is 10.1. The van der Waals surface area contributed by atoms with Crippen LogP contribution in [-0.4, -0.2) is 6.36 Å². The van der Waals surface area contributed by atoms with Gasteiger partial charge in [-0.1, -0.05) is 17.7 Å². The molecule has 1 rings (SSSR count). The van der Waals surface area contributed by atoms with Crippen molar-refractivity contribution >= 4 is 11.6 Å². The van der Waals surface area contributed by atoms with Gasteiger partial charge in [-0.3, -0.25) is 0 Å². The first-order valence-electron chi connectivity index (χ1n) is 3.10. The summed E-state index contributed by atoms with van der Waals surface area (Å²) in [4.78, 5) is 0. The third-order valence-electron chi connectivity index (χ3n) is 1.14. The van der Waals surface area contributed by atoms with Gasteiger partial charge in [0.2, 0.25) is 0 Å². The van der Waals surface area contributed by atoms with E-state index in [1.54, 1.807) is 0 Å². The zero-order valence-electron chi connectivity index (χ0n) is 6.03. The minimum absolute atomic E-state index is 0.415. The highest BCUT2D eigenvalue weighted by molar-refractivity contribution is 6.30. The van der Waals surface area contributed by atoms with Gasteiger partial charge in [0, 0.05) is 0 Å². The van der Waals surface area contributed by atoms with Crippen LogP contribution in [0, 0.1) is 5.82 Å². The molecule has 1 nitrogen and oxygen atoms in total. The monoisotopic (exact) mass is 214 g/mol. The van der Waals surface area contributed by atoms with Crippen molar-refractivity contribution in [1.29, 1.82) is 0 Å². The maximum absolute atomic E-state index is 12.8. The summed E-state index contributed by atoms with van der Waals surface area (Å²) >= 11 is 5.22. The number of ether oxygens (including phenoxy) is 1. The number of benzene rings is 1. The highest BCUT2D eigenvalue weighted by Gasteiger charge is 2.32. The second kappa shape index (κ2) is 3.41. The van der Waals surface area contributed by atoms with E-state index >= 15 is 0 Å². The molecular formula is C7H3ClF4O. The van der Waals surface area contributed by atoms with Crippen LogP contribution >= 0.6 is 11.6 Å². The number of rotatable bonds is 1. The molecule has 0 N–H and O–H groups in total. The normalized spacial score (nSPS) is 11.5. The van der Waals surface area contributed by atoms with Crippen LogP contribution in [0.15, 0.2) is 18.2 Å². The van der Waals surface area contributed by atoms with E-state index in [4.69, 9.17) is 11.6 Å². The molecule has 72 valence electrons. The molecule has 1 aromatic carbocycles. The van der Waals surface area contributed by atoms with E-state index in [-0.39, 0.29) is 0 Å². The summed E-state index contributed by atoms with van der Waals surface area (Å²) in [5.41, 5.74) is 0. The summed E-state index contributed by atoms with van der Waals surface area (Å²) < 4.78 is 51.0. The Morgan fingerprint density at radius 2 is 1.85 bits per heavy atom. The van der Waals surface area contributed by atoms with Crippen LogP contribution in [0.5, 0.6) is 5.75 Å². The molecule has 0 saturated heterocycles. The van der Waals surface area contributed by atoms with Gasteiger partial charge in [0.15, 0.2) is 11.6 Å². The molecule has 0 heterocycles. The minimum Gasteiger partial charge on any atom is -0.403 e. The van der Waals surface area contributed by atoms with Crippen LogP contribution in [0.2, 0.25) is 5.02 Å². The lowest BCUT2D eigenvalue weighted by Gasteiger charge is -2.09. The number of hydrogen-bond donors (Lipinski definition) is 0. The first kappa shape index (κ1) is 10.1. The predicted octanol–water partition coefficient (Wildman–Crippen LogP) is 3.38. The summed E-state index contributed by atoms with van der Waals surface area (Å²) in [5, 5.41) is -0.415. The van der Waals surface area contributed by atoms with Crippen molar-refractivity contribution in [2.45, 2.75) is 6.36 Å². The smallest absolute Gasteiger partial charge is 0.403 e. The highest BCUT2D eigenvalue weighted by Crippen LogP contribution is 2.28. The molecule has 0 fully saturated rings. The van der Waals surface area contributed by atoms with Gasteiger partial charge < -0.3 is 4.74 Å². The lowest BCUT2D eigenvalue weighted by Crippen LogP contribution is -2.17. The summed E-state index contributed by atoms with van der Waals surface area (Å²) in [7, 11) is 0. The quantitative estimate of drug-likeness (QED) is 0.651. The van der Waals surface area contributed by atoms with Crippen molar-refractivity contribution in [1.82, 2.24) is 0 Å². The Kier molecular flexibility index (Phi) is 2.66. The van der Waals surface area contributed by atoms with Crippen LogP contribution in [0.3, 0.4) is 0 Å². The largest absolute Gasteiger partial charge is 0.573 e. The molecule has 0 radical (unpaired) electrons. The Bertz CT molecular complexity index is 310. The topological polar surface area (TPSA) is 9.23 Å². The van der Waals surface area contributed by atoms with Gasteiger partial charge in [-0.2, -0.15) is 0 Å². The maximum Gasteiger partial charge on any atom is 0.573 e. The molecule has 0 unspecified atom stereocenters. The molecule has 0 spiro atoms. The molecule has 13 heavy (non-hydrogen) atoms. The molecule has 0 aliphatic rings. The number of alkyl halides is 3. The Balaban J connectivity index is 2.96. The van der Waals surface area contributed by atoms with Crippen molar-refractivity contribution in [3.05, 3.63) is 29.0 Å². The van der Waals surface area contributed by atoms with Gasteiger partial charge >= 0.3 is 6.36 Å². The van der Waals surface area contributed by atoms with Gasteiger partial charge in [0.05, 0.1) is 5.02 Å². The number of hydrogen-bond acceptors (Lipinski definition) is 1. The second-order valence-electron chi connectivity index (χ2n) is 2.10. The van der Waals surface area contributed by atoms with Crippen LogP contribution in [0.4, 0.5) is 17.6 Å². The van der Waals surface area contributed by atoms with Gasteiger partial charge in [0.25, 0.3) is 0 Å². The van der Waals surface area contributed by atoms with Crippen molar-refractivity contribution < 1.29 is 22.3 Å². The average Bonchev–Trinajstić information content (AvgIpc) is 1.96. The fourth-order valence-electron chi connectivity index (χ4n) is 0.688. The van der Waals surface area contributed by atoms with E-state index in [9.17, 15) is 17.6 Å². The maximum atomic E-state index is 12.8. The minimum atomic E-state index is -4.91. The molecule has 6 heteroatoms. The van der Waals surface area contributed by atoms with Crippen LogP contribution in [-0.2, 0) is 0 Å².